The average Bonchev–Trinajstić information content (AvgIpc) is 3.52. The van der Waals surface area contributed by atoms with Gasteiger partial charge in [0.2, 0.25) is 0 Å². The molecule has 178 valence electrons. The summed E-state index contributed by atoms with van der Waals surface area (Å²) in [5.41, 5.74) is 9.13. The molecule has 3 unspecified atom stereocenters. The Morgan fingerprint density at radius 1 is 1.11 bits per heavy atom. The van der Waals surface area contributed by atoms with E-state index in [0.29, 0.717) is 35.2 Å². The van der Waals surface area contributed by atoms with Crippen molar-refractivity contribution in [3.63, 3.8) is 0 Å². The predicted octanol–water partition coefficient (Wildman–Crippen LogP) is 3.38. The molecule has 4 aromatic rings. The number of amides is 1. The third kappa shape index (κ3) is 4.55. The van der Waals surface area contributed by atoms with Gasteiger partial charge in [0.05, 0.1) is 11.9 Å². The number of carbonyl (C=O) groups excluding carboxylic acids is 1. The number of benzene rings is 1. The highest BCUT2D eigenvalue weighted by Gasteiger charge is 2.33. The maximum atomic E-state index is 12.7. The molecule has 3 aromatic heterocycles. The number of hydrazine groups is 1. The summed E-state index contributed by atoms with van der Waals surface area (Å²) in [7, 11) is 0. The number of nitrogens with one attached hydrogen (secondary N) is 5. The lowest BCUT2D eigenvalue weighted by Crippen LogP contribution is -2.39. The number of hydrogen-bond acceptors (Lipinski definition) is 8. The van der Waals surface area contributed by atoms with Crippen LogP contribution in [0, 0.1) is 5.92 Å². The van der Waals surface area contributed by atoms with Crippen LogP contribution in [0.5, 0.6) is 0 Å². The van der Waals surface area contributed by atoms with E-state index in [9.17, 15) is 4.79 Å². The summed E-state index contributed by atoms with van der Waals surface area (Å²) >= 11 is 6.00. The van der Waals surface area contributed by atoms with Crippen LogP contribution >= 0.6 is 11.6 Å². The van der Waals surface area contributed by atoms with Gasteiger partial charge in [0.25, 0.3) is 5.91 Å². The summed E-state index contributed by atoms with van der Waals surface area (Å²) in [5, 5.41) is 14.8. The van der Waals surface area contributed by atoms with Crippen molar-refractivity contribution >= 4 is 39.9 Å². The average molecular weight is 490 g/mol. The maximum Gasteiger partial charge on any atom is 0.272 e. The van der Waals surface area contributed by atoms with Crippen LogP contribution in [0.25, 0.3) is 22.3 Å². The van der Waals surface area contributed by atoms with Crippen molar-refractivity contribution in [2.75, 3.05) is 17.2 Å². The smallest absolute Gasteiger partial charge is 0.272 e. The Morgan fingerprint density at radius 2 is 2.06 bits per heavy atom. The molecule has 10 nitrogen and oxygen atoms in total. The van der Waals surface area contributed by atoms with Gasteiger partial charge in [-0.05, 0) is 49.4 Å². The van der Waals surface area contributed by atoms with Gasteiger partial charge in [-0.2, -0.15) is 5.10 Å². The molecule has 0 radical (unpaired) electrons. The van der Waals surface area contributed by atoms with Crippen molar-refractivity contribution in [1.82, 2.24) is 36.0 Å². The van der Waals surface area contributed by atoms with Crippen LogP contribution in [0.1, 0.15) is 29.8 Å². The van der Waals surface area contributed by atoms with Gasteiger partial charge in [-0.1, -0.05) is 23.7 Å². The van der Waals surface area contributed by atoms with E-state index in [1.54, 1.807) is 18.3 Å². The molecular weight excluding hydrogens is 466 g/mol. The van der Waals surface area contributed by atoms with Crippen LogP contribution in [-0.4, -0.2) is 49.7 Å². The van der Waals surface area contributed by atoms with Crippen molar-refractivity contribution in [1.29, 1.82) is 0 Å². The number of hydrogen-bond donors (Lipinski definition) is 5. The fourth-order valence-electron chi connectivity index (χ4n) is 4.91. The van der Waals surface area contributed by atoms with E-state index in [1.807, 2.05) is 24.3 Å². The number of anilines is 2. The van der Waals surface area contributed by atoms with Crippen molar-refractivity contribution < 1.29 is 4.79 Å². The molecule has 4 heterocycles. The first-order valence-electron chi connectivity index (χ1n) is 11.6. The Hall–Kier alpha value is -3.60. The highest BCUT2D eigenvalue weighted by atomic mass is 35.5. The maximum absolute atomic E-state index is 12.7. The molecule has 0 spiro atoms. The summed E-state index contributed by atoms with van der Waals surface area (Å²) in [6.07, 6.45) is 6.62. The lowest BCUT2D eigenvalue weighted by atomic mass is 9.83. The molecular formula is C24H24ClN9O. The number of carbonyl (C=O) groups is 1. The minimum absolute atomic E-state index is 0.134. The number of nitrogens with zero attached hydrogens (tertiary/aromatic N) is 4. The SMILES string of the molecule is O=C(Nc1ccnnc1Cl)c1cc2ccc(-c3nccc(NC4CCC5NNCC5C4)n3)cc2[nH]1. The molecule has 1 amide bonds. The molecule has 3 atom stereocenters. The Labute approximate surface area is 206 Å². The van der Waals surface area contributed by atoms with Crippen LogP contribution in [0.15, 0.2) is 48.8 Å². The van der Waals surface area contributed by atoms with Crippen LogP contribution in [0.3, 0.4) is 0 Å². The second kappa shape index (κ2) is 9.21. The number of halogens is 1. The first-order chi connectivity index (χ1) is 17.1. The number of H-pyrrole nitrogens is 1. The van der Waals surface area contributed by atoms with Gasteiger partial charge >= 0.3 is 0 Å². The third-order valence-corrected chi connectivity index (χ3v) is 6.97. The lowest BCUT2D eigenvalue weighted by molar-refractivity contribution is 0.102. The summed E-state index contributed by atoms with van der Waals surface area (Å²) in [6.45, 7) is 1.01. The molecule has 1 aliphatic heterocycles. The van der Waals surface area contributed by atoms with Crippen molar-refractivity contribution in [3.8, 4) is 11.4 Å². The van der Waals surface area contributed by atoms with Gasteiger partial charge in [-0.25, -0.2) is 9.97 Å². The molecule has 2 aliphatic rings. The summed E-state index contributed by atoms with van der Waals surface area (Å²) < 4.78 is 0. The molecule has 0 bridgehead atoms. The predicted molar refractivity (Wildman–Crippen MR) is 134 cm³/mol. The van der Waals surface area contributed by atoms with E-state index in [2.05, 4.69) is 41.7 Å². The highest BCUT2D eigenvalue weighted by Crippen LogP contribution is 2.29. The van der Waals surface area contributed by atoms with E-state index in [4.69, 9.17) is 16.6 Å². The molecule has 35 heavy (non-hydrogen) atoms. The Morgan fingerprint density at radius 3 is 2.97 bits per heavy atom. The zero-order valence-corrected chi connectivity index (χ0v) is 19.5. The normalized spacial score (nSPS) is 21.6. The van der Waals surface area contributed by atoms with Gasteiger partial charge in [0, 0.05) is 41.3 Å². The van der Waals surface area contributed by atoms with Gasteiger partial charge < -0.3 is 15.6 Å². The van der Waals surface area contributed by atoms with Gasteiger partial charge in [-0.15, -0.1) is 5.10 Å². The fourth-order valence-corrected chi connectivity index (χ4v) is 5.06. The fraction of sp³-hybridized carbons (Fsp3) is 0.292. The minimum Gasteiger partial charge on any atom is -0.367 e. The van der Waals surface area contributed by atoms with E-state index in [0.717, 1.165) is 48.1 Å². The number of aromatic amines is 1. The second-order valence-electron chi connectivity index (χ2n) is 8.99. The monoisotopic (exact) mass is 489 g/mol. The molecule has 2 fully saturated rings. The molecule has 5 N–H and O–H groups in total. The highest BCUT2D eigenvalue weighted by molar-refractivity contribution is 6.32. The number of rotatable bonds is 5. The van der Waals surface area contributed by atoms with Crippen molar-refractivity contribution in [3.05, 3.63) is 59.6 Å². The minimum atomic E-state index is -0.317. The number of aromatic nitrogens is 5. The third-order valence-electron chi connectivity index (χ3n) is 6.69. The first-order valence-corrected chi connectivity index (χ1v) is 12.0. The van der Waals surface area contributed by atoms with E-state index in [1.165, 1.54) is 6.20 Å². The Bertz CT molecular complexity index is 1390. The van der Waals surface area contributed by atoms with Crippen LogP contribution in [0.2, 0.25) is 5.15 Å². The second-order valence-corrected chi connectivity index (χ2v) is 9.34. The van der Waals surface area contributed by atoms with E-state index < -0.39 is 0 Å². The standard InChI is InChI=1S/C24H24ClN9O/c25-22-18(5-8-27-34-22)31-24(35)20-10-13-1-2-14(11-19(13)30-20)23-26-7-6-21(32-23)29-16-3-4-17-15(9-16)12-28-33-17/h1-2,5-8,10-11,15-17,28,30,33H,3-4,9,12H2,(H,26,29,32)(H,27,31,35). The molecule has 11 heteroatoms. The van der Waals surface area contributed by atoms with Crippen molar-refractivity contribution in [2.24, 2.45) is 5.92 Å². The zero-order valence-electron chi connectivity index (χ0n) is 18.8. The Kier molecular flexibility index (Phi) is 5.77. The molecule has 1 aliphatic carbocycles. The van der Waals surface area contributed by atoms with Gasteiger partial charge in [-0.3, -0.25) is 15.6 Å². The van der Waals surface area contributed by atoms with Crippen LogP contribution in [0.4, 0.5) is 11.5 Å². The largest absolute Gasteiger partial charge is 0.367 e. The number of fused-ring (bicyclic) bond motifs is 2. The van der Waals surface area contributed by atoms with Gasteiger partial charge in [0.15, 0.2) is 11.0 Å². The zero-order chi connectivity index (χ0) is 23.8. The molecule has 1 saturated carbocycles. The molecule has 1 aromatic carbocycles. The van der Waals surface area contributed by atoms with E-state index in [-0.39, 0.29) is 11.1 Å². The summed E-state index contributed by atoms with van der Waals surface area (Å²) in [4.78, 5) is 25.1. The van der Waals surface area contributed by atoms with Crippen molar-refractivity contribution in [2.45, 2.75) is 31.3 Å². The molecule has 6 rings (SSSR count). The quantitative estimate of drug-likeness (QED) is 0.288. The topological polar surface area (TPSA) is 133 Å². The Balaban J connectivity index is 1.19. The van der Waals surface area contributed by atoms with Crippen LogP contribution < -0.4 is 21.5 Å². The van der Waals surface area contributed by atoms with Crippen LogP contribution in [-0.2, 0) is 0 Å². The van der Waals surface area contributed by atoms with E-state index >= 15 is 0 Å². The first kappa shape index (κ1) is 21.9. The molecule has 1 saturated heterocycles. The van der Waals surface area contributed by atoms with Gasteiger partial charge in [0.1, 0.15) is 11.5 Å². The lowest BCUT2D eigenvalue weighted by Gasteiger charge is -2.31. The summed E-state index contributed by atoms with van der Waals surface area (Å²) in [6, 6.07) is 12.1. The summed E-state index contributed by atoms with van der Waals surface area (Å²) in [5.74, 6) is 1.79.